The highest BCUT2D eigenvalue weighted by molar-refractivity contribution is 7.92. The lowest BCUT2D eigenvalue weighted by atomic mass is 10.1. The monoisotopic (exact) mass is 426 g/mol. The number of anilines is 1. The molecule has 0 aliphatic rings. The minimum atomic E-state index is -3.87. The zero-order valence-electron chi connectivity index (χ0n) is 15.7. The van der Waals surface area contributed by atoms with Crippen LogP contribution in [-0.4, -0.2) is 59.7 Å². The van der Waals surface area contributed by atoms with Crippen molar-refractivity contribution in [1.82, 2.24) is 4.90 Å². The molecule has 0 aliphatic heterocycles. The number of hydrogen-bond acceptors (Lipinski definition) is 5. The quantitative estimate of drug-likeness (QED) is 0.631. The maximum atomic E-state index is 13.0. The molecule has 1 N–H and O–H groups in total. The number of carbonyl (C=O) groups is 1. The summed E-state index contributed by atoms with van der Waals surface area (Å²) in [6.45, 7) is 1.43. The molecule has 152 valence electrons. The van der Waals surface area contributed by atoms with Crippen LogP contribution in [0.25, 0.3) is 0 Å². The van der Waals surface area contributed by atoms with Crippen LogP contribution < -0.4 is 4.72 Å². The Morgan fingerprint density at radius 3 is 2.14 bits per heavy atom. The van der Waals surface area contributed by atoms with E-state index < -0.39 is 10.0 Å². The van der Waals surface area contributed by atoms with Crippen molar-refractivity contribution in [3.05, 3.63) is 59.1 Å². The van der Waals surface area contributed by atoms with Gasteiger partial charge in [-0.1, -0.05) is 23.7 Å². The van der Waals surface area contributed by atoms with Gasteiger partial charge in [0.2, 0.25) is 0 Å². The molecule has 0 fully saturated rings. The van der Waals surface area contributed by atoms with Crippen molar-refractivity contribution < 1.29 is 22.7 Å². The summed E-state index contributed by atoms with van der Waals surface area (Å²) in [4.78, 5) is 14.6. The number of para-hydroxylation sites is 1. The summed E-state index contributed by atoms with van der Waals surface area (Å²) in [6.07, 6.45) is 0. The Bertz CT molecular complexity index is 879. The van der Waals surface area contributed by atoms with E-state index in [0.29, 0.717) is 31.3 Å². The lowest BCUT2D eigenvalue weighted by Gasteiger charge is -2.23. The molecule has 7 nitrogen and oxygen atoms in total. The topological polar surface area (TPSA) is 84.9 Å². The van der Waals surface area contributed by atoms with Gasteiger partial charge >= 0.3 is 0 Å². The summed E-state index contributed by atoms with van der Waals surface area (Å²) < 4.78 is 38.0. The number of halogens is 1. The number of carbonyl (C=O) groups excluding carboxylic acids is 1. The van der Waals surface area contributed by atoms with E-state index in [1.54, 1.807) is 43.4 Å². The van der Waals surface area contributed by atoms with Gasteiger partial charge in [-0.15, -0.1) is 0 Å². The summed E-state index contributed by atoms with van der Waals surface area (Å²) in [7, 11) is -0.777. The summed E-state index contributed by atoms with van der Waals surface area (Å²) in [5.74, 6) is -0.316. The first-order valence-corrected chi connectivity index (χ1v) is 10.4. The Kier molecular flexibility index (Phi) is 8.25. The molecule has 0 aliphatic carbocycles. The minimum absolute atomic E-state index is 0.0507. The van der Waals surface area contributed by atoms with Crippen LogP contribution in [0, 0.1) is 0 Å². The molecule has 2 rings (SSSR count). The molecule has 0 bridgehead atoms. The molecule has 2 aromatic rings. The Labute approximate surface area is 170 Å². The van der Waals surface area contributed by atoms with E-state index in [-0.39, 0.29) is 22.1 Å². The molecule has 0 atom stereocenters. The van der Waals surface area contributed by atoms with Crippen LogP contribution in [0.15, 0.2) is 53.4 Å². The number of benzene rings is 2. The Hall–Kier alpha value is -2.13. The van der Waals surface area contributed by atoms with Crippen LogP contribution >= 0.6 is 11.6 Å². The largest absolute Gasteiger partial charge is 0.383 e. The van der Waals surface area contributed by atoms with Crippen molar-refractivity contribution in [1.29, 1.82) is 0 Å². The molecule has 0 spiro atoms. The van der Waals surface area contributed by atoms with Crippen molar-refractivity contribution in [2.24, 2.45) is 0 Å². The number of nitrogens with one attached hydrogen (secondary N) is 1. The molecule has 0 unspecified atom stereocenters. The lowest BCUT2D eigenvalue weighted by Crippen LogP contribution is -2.37. The second-order valence-electron chi connectivity index (χ2n) is 5.88. The summed E-state index contributed by atoms with van der Waals surface area (Å²) >= 11 is 5.82. The number of amides is 1. The predicted molar refractivity (Wildman–Crippen MR) is 108 cm³/mol. The highest BCUT2D eigenvalue weighted by atomic mass is 35.5. The predicted octanol–water partition coefficient (Wildman–Crippen LogP) is 2.88. The first kappa shape index (κ1) is 22.2. The van der Waals surface area contributed by atoms with Crippen molar-refractivity contribution in [2.45, 2.75) is 4.90 Å². The Morgan fingerprint density at radius 1 is 1.00 bits per heavy atom. The van der Waals surface area contributed by atoms with E-state index >= 15 is 0 Å². The molecule has 2 aromatic carbocycles. The van der Waals surface area contributed by atoms with E-state index in [1.807, 2.05) is 0 Å². The third-order valence-electron chi connectivity index (χ3n) is 3.94. The van der Waals surface area contributed by atoms with Crippen LogP contribution in [0.2, 0.25) is 5.02 Å². The van der Waals surface area contributed by atoms with E-state index in [4.69, 9.17) is 21.1 Å². The number of nitrogens with zero attached hydrogens (tertiary/aromatic N) is 1. The van der Waals surface area contributed by atoms with E-state index in [1.165, 1.54) is 24.3 Å². The van der Waals surface area contributed by atoms with Crippen molar-refractivity contribution in [3.8, 4) is 0 Å². The van der Waals surface area contributed by atoms with Gasteiger partial charge in [-0.05, 0) is 36.4 Å². The smallest absolute Gasteiger partial charge is 0.261 e. The van der Waals surface area contributed by atoms with Gasteiger partial charge in [-0.25, -0.2) is 8.42 Å². The molecule has 0 saturated heterocycles. The molecule has 9 heteroatoms. The number of hydrogen-bond donors (Lipinski definition) is 1. The third-order valence-corrected chi connectivity index (χ3v) is 5.58. The SMILES string of the molecule is COCCN(CCOC)C(=O)c1ccccc1NS(=O)(=O)c1ccc(Cl)cc1. The van der Waals surface area contributed by atoms with Crippen molar-refractivity contribution in [3.63, 3.8) is 0 Å². The summed E-state index contributed by atoms with van der Waals surface area (Å²) in [6, 6.07) is 12.2. The standard InChI is InChI=1S/C19H23ClN2O5S/c1-26-13-11-22(12-14-27-2)19(23)17-5-3-4-6-18(17)21-28(24,25)16-9-7-15(20)8-10-16/h3-10,21H,11-14H2,1-2H3. The number of rotatable bonds is 10. The molecule has 0 radical (unpaired) electrons. The normalized spacial score (nSPS) is 11.2. The van der Waals surface area contributed by atoms with Crippen LogP contribution in [0.5, 0.6) is 0 Å². The van der Waals surface area contributed by atoms with Crippen LogP contribution in [0.4, 0.5) is 5.69 Å². The first-order valence-electron chi connectivity index (χ1n) is 8.53. The van der Waals surface area contributed by atoms with Crippen LogP contribution in [0.1, 0.15) is 10.4 Å². The minimum Gasteiger partial charge on any atom is -0.383 e. The molecule has 0 saturated carbocycles. The number of sulfonamides is 1. The fourth-order valence-corrected chi connectivity index (χ4v) is 3.67. The average molecular weight is 427 g/mol. The summed E-state index contributed by atoms with van der Waals surface area (Å²) in [5, 5.41) is 0.432. The van der Waals surface area contributed by atoms with E-state index in [2.05, 4.69) is 4.72 Å². The highest BCUT2D eigenvalue weighted by Gasteiger charge is 2.22. The van der Waals surface area contributed by atoms with Gasteiger partial charge < -0.3 is 14.4 Å². The Balaban J connectivity index is 2.30. The van der Waals surface area contributed by atoms with Gasteiger partial charge in [0.1, 0.15) is 0 Å². The maximum Gasteiger partial charge on any atom is 0.261 e. The second kappa shape index (κ2) is 10.4. The fourth-order valence-electron chi connectivity index (χ4n) is 2.46. The van der Waals surface area contributed by atoms with Gasteiger partial charge in [-0.2, -0.15) is 0 Å². The highest BCUT2D eigenvalue weighted by Crippen LogP contribution is 2.22. The third kappa shape index (κ3) is 5.93. The first-order chi connectivity index (χ1) is 13.4. The van der Waals surface area contributed by atoms with Gasteiger partial charge in [-0.3, -0.25) is 9.52 Å². The van der Waals surface area contributed by atoms with Crippen molar-refractivity contribution >= 4 is 33.2 Å². The zero-order chi connectivity index (χ0) is 20.6. The van der Waals surface area contributed by atoms with E-state index in [9.17, 15) is 13.2 Å². The zero-order valence-corrected chi connectivity index (χ0v) is 17.3. The molecule has 0 heterocycles. The Morgan fingerprint density at radius 2 is 1.57 bits per heavy atom. The molecular weight excluding hydrogens is 404 g/mol. The van der Waals surface area contributed by atoms with Crippen LogP contribution in [-0.2, 0) is 19.5 Å². The molecular formula is C19H23ClN2O5S. The maximum absolute atomic E-state index is 13.0. The van der Waals surface area contributed by atoms with Gasteiger partial charge in [0.15, 0.2) is 0 Å². The molecule has 0 aromatic heterocycles. The molecule has 28 heavy (non-hydrogen) atoms. The molecule has 1 amide bonds. The van der Waals surface area contributed by atoms with Gasteiger partial charge in [0, 0.05) is 32.3 Å². The van der Waals surface area contributed by atoms with Crippen LogP contribution in [0.3, 0.4) is 0 Å². The van der Waals surface area contributed by atoms with Crippen molar-refractivity contribution in [2.75, 3.05) is 45.2 Å². The lowest BCUT2D eigenvalue weighted by molar-refractivity contribution is 0.0628. The average Bonchev–Trinajstić information content (AvgIpc) is 2.68. The summed E-state index contributed by atoms with van der Waals surface area (Å²) in [5.41, 5.74) is 0.439. The van der Waals surface area contributed by atoms with Gasteiger partial charge in [0.25, 0.3) is 15.9 Å². The van der Waals surface area contributed by atoms with E-state index in [0.717, 1.165) is 0 Å². The fraction of sp³-hybridized carbons (Fsp3) is 0.316. The number of methoxy groups -OCH3 is 2. The second-order valence-corrected chi connectivity index (χ2v) is 8.00. The van der Waals surface area contributed by atoms with Gasteiger partial charge in [0.05, 0.1) is 29.4 Å². The number of ether oxygens (including phenoxy) is 2.